The largest absolute Gasteiger partial charge is 0.377 e. The summed E-state index contributed by atoms with van der Waals surface area (Å²) in [5.41, 5.74) is 1.79. The lowest BCUT2D eigenvalue weighted by Crippen LogP contribution is -2.13. The number of nitrogens with zero attached hydrogens (tertiary/aromatic N) is 3. The second kappa shape index (κ2) is 7.43. The number of amides is 1. The van der Waals surface area contributed by atoms with E-state index in [9.17, 15) is 14.9 Å². The molecule has 1 aliphatic rings. The van der Waals surface area contributed by atoms with Crippen molar-refractivity contribution in [1.82, 2.24) is 9.97 Å². The van der Waals surface area contributed by atoms with Crippen molar-refractivity contribution in [3.8, 4) is 11.4 Å². The van der Waals surface area contributed by atoms with E-state index in [0.29, 0.717) is 17.2 Å². The maximum absolute atomic E-state index is 12.5. The molecule has 140 valence electrons. The van der Waals surface area contributed by atoms with Crippen molar-refractivity contribution in [1.29, 1.82) is 0 Å². The van der Waals surface area contributed by atoms with Crippen LogP contribution in [0.5, 0.6) is 0 Å². The molecule has 2 aromatic carbocycles. The van der Waals surface area contributed by atoms with E-state index in [1.54, 1.807) is 12.1 Å². The molecule has 0 aliphatic heterocycles. The van der Waals surface area contributed by atoms with Gasteiger partial charge in [-0.25, -0.2) is 9.97 Å². The highest BCUT2D eigenvalue weighted by Gasteiger charge is 2.25. The Bertz CT molecular complexity index is 1020. The molecule has 1 amide bonds. The standard InChI is InChI=1S/C20H17N5O3/c26-20(14-6-9-17(23-15-7-8-15)18(10-14)25(27)28)24-16-11-21-19(22-12-16)13-4-2-1-3-5-13/h1-6,9-12,15,23H,7-8H2,(H,24,26). The molecule has 8 nitrogen and oxygen atoms in total. The van der Waals surface area contributed by atoms with Gasteiger partial charge in [0.05, 0.1) is 23.0 Å². The van der Waals surface area contributed by atoms with Gasteiger partial charge in [-0.15, -0.1) is 0 Å². The number of nitrogens with one attached hydrogen (secondary N) is 2. The minimum atomic E-state index is -0.487. The second-order valence-electron chi connectivity index (χ2n) is 6.52. The third-order valence-electron chi connectivity index (χ3n) is 4.34. The Kier molecular flexibility index (Phi) is 4.67. The Morgan fingerprint density at radius 2 is 1.79 bits per heavy atom. The predicted octanol–water partition coefficient (Wildman–Crippen LogP) is 3.88. The van der Waals surface area contributed by atoms with E-state index < -0.39 is 10.8 Å². The second-order valence-corrected chi connectivity index (χ2v) is 6.52. The van der Waals surface area contributed by atoms with Gasteiger partial charge < -0.3 is 10.6 Å². The van der Waals surface area contributed by atoms with Gasteiger partial charge in [-0.2, -0.15) is 0 Å². The molecule has 0 bridgehead atoms. The van der Waals surface area contributed by atoms with Crippen molar-refractivity contribution in [3.05, 3.63) is 76.6 Å². The summed E-state index contributed by atoms with van der Waals surface area (Å²) in [7, 11) is 0. The number of hydrogen-bond donors (Lipinski definition) is 2. The third kappa shape index (κ3) is 3.96. The van der Waals surface area contributed by atoms with Crippen LogP contribution < -0.4 is 10.6 Å². The maximum Gasteiger partial charge on any atom is 0.293 e. The van der Waals surface area contributed by atoms with Crippen LogP contribution in [-0.2, 0) is 0 Å². The number of rotatable bonds is 6. The van der Waals surface area contributed by atoms with Crippen LogP contribution >= 0.6 is 0 Å². The van der Waals surface area contributed by atoms with E-state index in [-0.39, 0.29) is 17.3 Å². The van der Waals surface area contributed by atoms with Crippen LogP contribution in [0.2, 0.25) is 0 Å². The van der Waals surface area contributed by atoms with E-state index >= 15 is 0 Å². The van der Waals surface area contributed by atoms with Gasteiger partial charge in [-0.1, -0.05) is 30.3 Å². The molecule has 1 fully saturated rings. The summed E-state index contributed by atoms with van der Waals surface area (Å²) in [6.45, 7) is 0. The van der Waals surface area contributed by atoms with Gasteiger partial charge in [-0.05, 0) is 25.0 Å². The Morgan fingerprint density at radius 1 is 1.07 bits per heavy atom. The normalized spacial score (nSPS) is 13.0. The molecule has 1 aromatic heterocycles. The SMILES string of the molecule is O=C(Nc1cnc(-c2ccccc2)nc1)c1ccc(NC2CC2)c([N+](=O)[O-])c1. The number of benzene rings is 2. The Balaban J connectivity index is 1.50. The molecular weight excluding hydrogens is 358 g/mol. The van der Waals surface area contributed by atoms with Gasteiger partial charge in [0.1, 0.15) is 5.69 Å². The van der Waals surface area contributed by atoms with Gasteiger partial charge in [0.2, 0.25) is 0 Å². The molecule has 1 saturated carbocycles. The van der Waals surface area contributed by atoms with Gasteiger partial charge in [0, 0.05) is 23.2 Å². The zero-order valence-corrected chi connectivity index (χ0v) is 14.8. The van der Waals surface area contributed by atoms with Crippen LogP contribution in [0.25, 0.3) is 11.4 Å². The van der Waals surface area contributed by atoms with Gasteiger partial charge in [-0.3, -0.25) is 14.9 Å². The van der Waals surface area contributed by atoms with Crippen molar-refractivity contribution >= 4 is 23.0 Å². The van der Waals surface area contributed by atoms with Gasteiger partial charge >= 0.3 is 0 Å². The molecule has 0 spiro atoms. The molecule has 1 heterocycles. The van der Waals surface area contributed by atoms with Crippen molar-refractivity contribution in [2.24, 2.45) is 0 Å². The first kappa shape index (κ1) is 17.6. The number of aromatic nitrogens is 2. The summed E-state index contributed by atoms with van der Waals surface area (Å²) < 4.78 is 0. The minimum absolute atomic E-state index is 0.116. The zero-order chi connectivity index (χ0) is 19.5. The lowest BCUT2D eigenvalue weighted by Gasteiger charge is -2.09. The fourth-order valence-corrected chi connectivity index (χ4v) is 2.73. The average molecular weight is 375 g/mol. The molecule has 28 heavy (non-hydrogen) atoms. The highest BCUT2D eigenvalue weighted by molar-refractivity contribution is 6.05. The number of nitro benzene ring substituents is 1. The van der Waals surface area contributed by atoms with Crippen LogP contribution in [0.1, 0.15) is 23.2 Å². The maximum atomic E-state index is 12.5. The van der Waals surface area contributed by atoms with Gasteiger partial charge in [0.25, 0.3) is 11.6 Å². The third-order valence-corrected chi connectivity index (χ3v) is 4.34. The predicted molar refractivity (Wildman–Crippen MR) is 105 cm³/mol. The summed E-state index contributed by atoms with van der Waals surface area (Å²) >= 11 is 0. The fourth-order valence-electron chi connectivity index (χ4n) is 2.73. The quantitative estimate of drug-likeness (QED) is 0.500. The van der Waals surface area contributed by atoms with Crippen LogP contribution in [0, 0.1) is 10.1 Å². The van der Waals surface area contributed by atoms with E-state index in [4.69, 9.17) is 0 Å². The van der Waals surface area contributed by atoms with Crippen LogP contribution in [0.15, 0.2) is 60.9 Å². The first-order chi connectivity index (χ1) is 13.6. The molecule has 0 radical (unpaired) electrons. The Hall–Kier alpha value is -3.81. The lowest BCUT2D eigenvalue weighted by atomic mass is 10.1. The molecule has 3 aromatic rings. The summed E-state index contributed by atoms with van der Waals surface area (Å²) in [5, 5.41) is 17.1. The lowest BCUT2D eigenvalue weighted by molar-refractivity contribution is -0.384. The molecule has 4 rings (SSSR count). The molecular formula is C20H17N5O3. The fraction of sp³-hybridized carbons (Fsp3) is 0.150. The minimum Gasteiger partial charge on any atom is -0.377 e. The first-order valence-corrected chi connectivity index (χ1v) is 8.84. The molecule has 8 heteroatoms. The molecule has 0 atom stereocenters. The van der Waals surface area contributed by atoms with Crippen molar-refractivity contribution in [2.45, 2.75) is 18.9 Å². The number of hydrogen-bond acceptors (Lipinski definition) is 6. The average Bonchev–Trinajstić information content (AvgIpc) is 3.53. The number of anilines is 2. The Morgan fingerprint density at radius 3 is 2.43 bits per heavy atom. The molecule has 2 N–H and O–H groups in total. The van der Waals surface area contributed by atoms with Crippen LogP contribution in [-0.4, -0.2) is 26.8 Å². The summed E-state index contributed by atoms with van der Waals surface area (Å²) in [4.78, 5) is 31.8. The highest BCUT2D eigenvalue weighted by Crippen LogP contribution is 2.31. The molecule has 0 unspecified atom stereocenters. The number of nitro groups is 1. The van der Waals surface area contributed by atoms with Crippen molar-refractivity contribution in [2.75, 3.05) is 10.6 Å². The topological polar surface area (TPSA) is 110 Å². The van der Waals surface area contributed by atoms with E-state index in [0.717, 1.165) is 18.4 Å². The van der Waals surface area contributed by atoms with E-state index in [2.05, 4.69) is 20.6 Å². The van der Waals surface area contributed by atoms with E-state index in [1.165, 1.54) is 18.5 Å². The number of carbonyl (C=O) groups excluding carboxylic acids is 1. The molecule has 1 aliphatic carbocycles. The summed E-state index contributed by atoms with van der Waals surface area (Å²) in [6.07, 6.45) is 5.01. The van der Waals surface area contributed by atoms with Gasteiger partial charge in [0.15, 0.2) is 5.82 Å². The van der Waals surface area contributed by atoms with Crippen molar-refractivity contribution in [3.63, 3.8) is 0 Å². The molecule has 0 saturated heterocycles. The zero-order valence-electron chi connectivity index (χ0n) is 14.8. The highest BCUT2D eigenvalue weighted by atomic mass is 16.6. The van der Waals surface area contributed by atoms with Crippen molar-refractivity contribution < 1.29 is 9.72 Å². The first-order valence-electron chi connectivity index (χ1n) is 8.84. The van der Waals surface area contributed by atoms with E-state index in [1.807, 2.05) is 30.3 Å². The number of carbonyl (C=O) groups is 1. The monoisotopic (exact) mass is 375 g/mol. The summed E-state index contributed by atoms with van der Waals surface area (Å²) in [6, 6.07) is 14.2. The Labute approximate surface area is 160 Å². The summed E-state index contributed by atoms with van der Waals surface area (Å²) in [5.74, 6) is 0.0851. The smallest absolute Gasteiger partial charge is 0.293 e. The van der Waals surface area contributed by atoms with Crippen LogP contribution in [0.4, 0.5) is 17.1 Å². The van der Waals surface area contributed by atoms with Crippen LogP contribution in [0.3, 0.4) is 0 Å².